The van der Waals surface area contributed by atoms with Gasteiger partial charge in [0.2, 0.25) is 20.0 Å². The summed E-state index contributed by atoms with van der Waals surface area (Å²) in [5, 5.41) is 0. The first kappa shape index (κ1) is 17.1. The molecular formula is C16H18N2O4S2. The fourth-order valence-electron chi connectivity index (χ4n) is 2.14. The van der Waals surface area contributed by atoms with Gasteiger partial charge in [-0.15, -0.1) is 0 Å². The smallest absolute Gasteiger partial charge is 0.208 e. The molecule has 1 aliphatic carbocycles. The molecule has 1 saturated carbocycles. The van der Waals surface area contributed by atoms with Crippen molar-refractivity contribution in [1.82, 2.24) is 9.44 Å². The number of sulfonamides is 2. The molecule has 1 aliphatic rings. The quantitative estimate of drug-likeness (QED) is 0.779. The molecule has 0 saturated heterocycles. The van der Waals surface area contributed by atoms with E-state index >= 15 is 0 Å². The van der Waals surface area contributed by atoms with Crippen molar-refractivity contribution in [3.8, 4) is 0 Å². The summed E-state index contributed by atoms with van der Waals surface area (Å²) in [6.45, 7) is 0.173. The summed E-state index contributed by atoms with van der Waals surface area (Å²) in [5.74, 6) is 0. The fraction of sp³-hybridized carbons (Fsp3) is 0.250. The van der Waals surface area contributed by atoms with E-state index in [9.17, 15) is 16.8 Å². The SMILES string of the molecule is O=S(=O)(NCc1ccccc1)c1ccc(S(=O)(=O)NC2CC2)cc1. The molecule has 0 aromatic heterocycles. The summed E-state index contributed by atoms with van der Waals surface area (Å²) < 4.78 is 53.8. The van der Waals surface area contributed by atoms with Crippen LogP contribution < -0.4 is 9.44 Å². The summed E-state index contributed by atoms with van der Waals surface area (Å²) in [7, 11) is -7.28. The van der Waals surface area contributed by atoms with Gasteiger partial charge < -0.3 is 0 Å². The third-order valence-corrected chi connectivity index (χ3v) is 6.61. The minimum Gasteiger partial charge on any atom is -0.208 e. The Morgan fingerprint density at radius 1 is 0.792 bits per heavy atom. The van der Waals surface area contributed by atoms with Crippen LogP contribution in [0.1, 0.15) is 18.4 Å². The van der Waals surface area contributed by atoms with Crippen LogP contribution in [-0.2, 0) is 26.6 Å². The molecule has 128 valence electrons. The van der Waals surface area contributed by atoms with Crippen molar-refractivity contribution in [2.75, 3.05) is 0 Å². The lowest BCUT2D eigenvalue weighted by atomic mass is 10.2. The molecule has 0 heterocycles. The second-order valence-electron chi connectivity index (χ2n) is 5.68. The van der Waals surface area contributed by atoms with Crippen LogP contribution in [0.5, 0.6) is 0 Å². The van der Waals surface area contributed by atoms with Gasteiger partial charge in [0.05, 0.1) is 9.79 Å². The molecule has 2 N–H and O–H groups in total. The van der Waals surface area contributed by atoms with Gasteiger partial charge in [0, 0.05) is 12.6 Å². The summed E-state index contributed by atoms with van der Waals surface area (Å²) in [5.41, 5.74) is 0.842. The van der Waals surface area contributed by atoms with Gasteiger partial charge in [-0.1, -0.05) is 30.3 Å². The van der Waals surface area contributed by atoms with E-state index in [0.29, 0.717) is 0 Å². The predicted octanol–water partition coefficient (Wildman–Crippen LogP) is 1.61. The van der Waals surface area contributed by atoms with Gasteiger partial charge in [-0.05, 0) is 42.7 Å². The van der Waals surface area contributed by atoms with Crippen LogP contribution in [0.2, 0.25) is 0 Å². The summed E-state index contributed by atoms with van der Waals surface area (Å²) in [4.78, 5) is 0.0974. The zero-order valence-electron chi connectivity index (χ0n) is 12.8. The van der Waals surface area contributed by atoms with Gasteiger partial charge in [-0.25, -0.2) is 26.3 Å². The maximum Gasteiger partial charge on any atom is 0.240 e. The standard InChI is InChI=1S/C16H18N2O4S2/c19-23(20,17-12-13-4-2-1-3-5-13)15-8-10-16(11-9-15)24(21,22)18-14-6-7-14/h1-5,8-11,14,17-18H,6-7,12H2. The lowest BCUT2D eigenvalue weighted by Gasteiger charge is -2.09. The first-order valence-corrected chi connectivity index (χ1v) is 10.5. The Morgan fingerprint density at radius 2 is 1.33 bits per heavy atom. The Morgan fingerprint density at radius 3 is 1.88 bits per heavy atom. The Bertz CT molecular complexity index is 904. The third kappa shape index (κ3) is 4.21. The first-order valence-electron chi connectivity index (χ1n) is 7.53. The van der Waals surface area contributed by atoms with E-state index in [1.165, 1.54) is 24.3 Å². The molecule has 0 bridgehead atoms. The van der Waals surface area contributed by atoms with Crippen LogP contribution in [0.25, 0.3) is 0 Å². The Balaban J connectivity index is 1.72. The van der Waals surface area contributed by atoms with E-state index in [0.717, 1.165) is 18.4 Å². The molecule has 0 amide bonds. The highest BCUT2D eigenvalue weighted by Gasteiger charge is 2.28. The van der Waals surface area contributed by atoms with Crippen molar-refractivity contribution >= 4 is 20.0 Å². The molecule has 0 atom stereocenters. The van der Waals surface area contributed by atoms with Crippen LogP contribution in [0, 0.1) is 0 Å². The van der Waals surface area contributed by atoms with Crippen LogP contribution in [0.3, 0.4) is 0 Å². The molecule has 8 heteroatoms. The second kappa shape index (κ2) is 6.64. The average molecular weight is 366 g/mol. The van der Waals surface area contributed by atoms with Crippen molar-refractivity contribution in [3.05, 3.63) is 60.2 Å². The Hall–Kier alpha value is -1.74. The van der Waals surface area contributed by atoms with Gasteiger partial charge >= 0.3 is 0 Å². The van der Waals surface area contributed by atoms with E-state index in [2.05, 4.69) is 9.44 Å². The van der Waals surface area contributed by atoms with Gasteiger partial charge in [-0.3, -0.25) is 0 Å². The van der Waals surface area contributed by atoms with E-state index < -0.39 is 20.0 Å². The molecule has 2 aromatic rings. The van der Waals surface area contributed by atoms with E-state index in [1.807, 2.05) is 30.3 Å². The summed E-state index contributed by atoms with van der Waals surface area (Å²) in [6, 6.07) is 14.4. The van der Waals surface area contributed by atoms with Crippen LogP contribution in [-0.4, -0.2) is 22.9 Å². The summed E-state index contributed by atoms with van der Waals surface area (Å²) in [6.07, 6.45) is 1.68. The molecule has 24 heavy (non-hydrogen) atoms. The minimum atomic E-state index is -3.70. The average Bonchev–Trinajstić information content (AvgIpc) is 3.37. The lowest BCUT2D eigenvalue weighted by Crippen LogP contribution is -2.26. The highest BCUT2D eigenvalue weighted by atomic mass is 32.2. The normalized spacial score (nSPS) is 15.3. The van der Waals surface area contributed by atoms with Crippen molar-refractivity contribution in [3.63, 3.8) is 0 Å². The molecular weight excluding hydrogens is 348 g/mol. The topological polar surface area (TPSA) is 92.3 Å². The Labute approximate surface area is 142 Å². The van der Waals surface area contributed by atoms with Crippen LogP contribution in [0.4, 0.5) is 0 Å². The third-order valence-electron chi connectivity index (χ3n) is 3.65. The number of hydrogen-bond acceptors (Lipinski definition) is 4. The van der Waals surface area contributed by atoms with E-state index in [4.69, 9.17) is 0 Å². The predicted molar refractivity (Wildman–Crippen MR) is 90.3 cm³/mol. The highest BCUT2D eigenvalue weighted by Crippen LogP contribution is 2.22. The second-order valence-corrected chi connectivity index (χ2v) is 9.16. The molecule has 0 unspecified atom stereocenters. The molecule has 1 fully saturated rings. The van der Waals surface area contributed by atoms with Crippen LogP contribution >= 0.6 is 0 Å². The molecule has 0 spiro atoms. The maximum atomic E-state index is 12.3. The zero-order chi connectivity index (χ0) is 17.2. The van der Waals surface area contributed by atoms with Gasteiger partial charge in [0.15, 0.2) is 0 Å². The van der Waals surface area contributed by atoms with E-state index in [1.54, 1.807) is 0 Å². The molecule has 0 aliphatic heterocycles. The molecule has 2 aromatic carbocycles. The monoisotopic (exact) mass is 366 g/mol. The minimum absolute atomic E-state index is 0.00551. The van der Waals surface area contributed by atoms with Gasteiger partial charge in [0.1, 0.15) is 0 Å². The fourth-order valence-corrected chi connectivity index (χ4v) is 4.47. The Kier molecular flexibility index (Phi) is 4.73. The molecule has 0 radical (unpaired) electrons. The summed E-state index contributed by atoms with van der Waals surface area (Å²) >= 11 is 0. The molecule has 6 nitrogen and oxygen atoms in total. The van der Waals surface area contributed by atoms with E-state index in [-0.39, 0.29) is 22.4 Å². The lowest BCUT2D eigenvalue weighted by molar-refractivity contribution is 0.577. The van der Waals surface area contributed by atoms with Crippen molar-refractivity contribution in [2.45, 2.75) is 35.2 Å². The first-order chi connectivity index (χ1) is 11.4. The number of rotatable bonds is 7. The van der Waals surface area contributed by atoms with Crippen molar-refractivity contribution in [1.29, 1.82) is 0 Å². The van der Waals surface area contributed by atoms with Gasteiger partial charge in [-0.2, -0.15) is 0 Å². The van der Waals surface area contributed by atoms with Crippen molar-refractivity contribution in [2.24, 2.45) is 0 Å². The number of benzene rings is 2. The van der Waals surface area contributed by atoms with Gasteiger partial charge in [0.25, 0.3) is 0 Å². The number of hydrogen-bond donors (Lipinski definition) is 2. The number of nitrogens with one attached hydrogen (secondary N) is 2. The highest BCUT2D eigenvalue weighted by molar-refractivity contribution is 7.90. The molecule has 3 rings (SSSR count). The largest absolute Gasteiger partial charge is 0.240 e. The van der Waals surface area contributed by atoms with Crippen LogP contribution in [0.15, 0.2) is 64.4 Å². The zero-order valence-corrected chi connectivity index (χ0v) is 14.5. The maximum absolute atomic E-state index is 12.3. The van der Waals surface area contributed by atoms with Crippen molar-refractivity contribution < 1.29 is 16.8 Å².